The molecule has 1 aromatic carbocycles. The molecule has 21 heavy (non-hydrogen) atoms. The number of ketones is 1. The van der Waals surface area contributed by atoms with Gasteiger partial charge in [-0.25, -0.2) is 0 Å². The average Bonchev–Trinajstić information content (AvgIpc) is 2.79. The Kier molecular flexibility index (Phi) is 4.96. The van der Waals surface area contributed by atoms with E-state index in [9.17, 15) is 4.79 Å². The van der Waals surface area contributed by atoms with E-state index in [4.69, 9.17) is 0 Å². The van der Waals surface area contributed by atoms with E-state index < -0.39 is 0 Å². The van der Waals surface area contributed by atoms with Crippen molar-refractivity contribution in [1.29, 1.82) is 0 Å². The summed E-state index contributed by atoms with van der Waals surface area (Å²) in [5.41, 5.74) is 3.42. The lowest BCUT2D eigenvalue weighted by atomic mass is 10.0. The fourth-order valence-electron chi connectivity index (χ4n) is 2.16. The Labute approximate surface area is 133 Å². The van der Waals surface area contributed by atoms with Gasteiger partial charge in [-0.2, -0.15) is 5.10 Å². The second-order valence-electron chi connectivity index (χ2n) is 5.52. The standard InChI is InChI=1S/C16H20BrN3O/c1-11-5-6-12(2)13(9-11)16(21)15-14(17)10-18-20(15)8-7-19(3)4/h5-6,9-10H,7-8H2,1-4H3. The normalized spacial score (nSPS) is 11.1. The van der Waals surface area contributed by atoms with Crippen molar-refractivity contribution in [2.24, 2.45) is 0 Å². The molecule has 0 aliphatic heterocycles. The summed E-state index contributed by atoms with van der Waals surface area (Å²) >= 11 is 3.45. The van der Waals surface area contributed by atoms with Crippen LogP contribution < -0.4 is 0 Å². The Morgan fingerprint density at radius 2 is 2.05 bits per heavy atom. The number of carbonyl (C=O) groups is 1. The fourth-order valence-corrected chi connectivity index (χ4v) is 2.64. The molecule has 2 aromatic rings. The van der Waals surface area contributed by atoms with Gasteiger partial charge in [0.1, 0.15) is 5.69 Å². The summed E-state index contributed by atoms with van der Waals surface area (Å²) in [6.45, 7) is 5.47. The molecular formula is C16H20BrN3O. The van der Waals surface area contributed by atoms with Gasteiger partial charge in [-0.3, -0.25) is 9.48 Å². The van der Waals surface area contributed by atoms with Gasteiger partial charge in [0, 0.05) is 12.1 Å². The van der Waals surface area contributed by atoms with E-state index in [1.165, 1.54) is 0 Å². The first-order valence-electron chi connectivity index (χ1n) is 6.88. The van der Waals surface area contributed by atoms with E-state index in [1.54, 1.807) is 10.9 Å². The van der Waals surface area contributed by atoms with Crippen molar-refractivity contribution in [3.63, 3.8) is 0 Å². The Balaban J connectivity index is 2.39. The number of aryl methyl sites for hydroxylation is 2. The molecule has 0 aliphatic carbocycles. The number of aromatic nitrogens is 2. The van der Waals surface area contributed by atoms with E-state index in [0.29, 0.717) is 12.2 Å². The maximum absolute atomic E-state index is 12.9. The molecule has 0 aliphatic rings. The number of carbonyl (C=O) groups excluding carboxylic acids is 1. The van der Waals surface area contributed by atoms with Crippen LogP contribution in [-0.4, -0.2) is 41.1 Å². The van der Waals surface area contributed by atoms with E-state index in [1.807, 2.05) is 46.1 Å². The first-order chi connectivity index (χ1) is 9.90. The predicted octanol–water partition coefficient (Wildman–Crippen LogP) is 3.06. The van der Waals surface area contributed by atoms with Crippen molar-refractivity contribution >= 4 is 21.7 Å². The second-order valence-corrected chi connectivity index (χ2v) is 6.37. The number of rotatable bonds is 5. The van der Waals surface area contributed by atoms with Gasteiger partial charge in [-0.1, -0.05) is 17.7 Å². The van der Waals surface area contributed by atoms with Crippen LogP contribution in [0, 0.1) is 13.8 Å². The Hall–Kier alpha value is -1.46. The molecule has 0 saturated heterocycles. The minimum Gasteiger partial charge on any atom is -0.308 e. The summed E-state index contributed by atoms with van der Waals surface area (Å²) in [4.78, 5) is 14.9. The van der Waals surface area contributed by atoms with Crippen LogP contribution in [0.1, 0.15) is 27.2 Å². The summed E-state index contributed by atoms with van der Waals surface area (Å²) in [5, 5.41) is 4.31. The largest absolute Gasteiger partial charge is 0.308 e. The quantitative estimate of drug-likeness (QED) is 0.778. The van der Waals surface area contributed by atoms with E-state index in [2.05, 4.69) is 25.9 Å². The fraction of sp³-hybridized carbons (Fsp3) is 0.375. The average molecular weight is 350 g/mol. The third kappa shape index (κ3) is 3.60. The Morgan fingerprint density at radius 1 is 1.33 bits per heavy atom. The topological polar surface area (TPSA) is 38.1 Å². The monoisotopic (exact) mass is 349 g/mol. The number of hydrogen-bond acceptors (Lipinski definition) is 3. The van der Waals surface area contributed by atoms with Crippen LogP contribution in [0.25, 0.3) is 0 Å². The molecule has 4 nitrogen and oxygen atoms in total. The SMILES string of the molecule is Cc1ccc(C)c(C(=O)c2c(Br)cnn2CCN(C)C)c1. The van der Waals surface area contributed by atoms with Gasteiger partial charge in [-0.05, 0) is 55.5 Å². The van der Waals surface area contributed by atoms with Gasteiger partial charge in [0.05, 0.1) is 17.2 Å². The lowest BCUT2D eigenvalue weighted by Crippen LogP contribution is -2.22. The smallest absolute Gasteiger partial charge is 0.212 e. The van der Waals surface area contributed by atoms with E-state index in [0.717, 1.165) is 27.7 Å². The number of likely N-dealkylation sites (N-methyl/N-ethyl adjacent to an activating group) is 1. The number of hydrogen-bond donors (Lipinski definition) is 0. The second kappa shape index (κ2) is 6.54. The van der Waals surface area contributed by atoms with Gasteiger partial charge in [-0.15, -0.1) is 0 Å². The van der Waals surface area contributed by atoms with Gasteiger partial charge < -0.3 is 4.90 Å². The molecule has 2 rings (SSSR count). The highest BCUT2D eigenvalue weighted by molar-refractivity contribution is 9.10. The summed E-state index contributed by atoms with van der Waals surface area (Å²) in [6, 6.07) is 5.94. The highest BCUT2D eigenvalue weighted by Gasteiger charge is 2.20. The van der Waals surface area contributed by atoms with Crippen molar-refractivity contribution in [2.45, 2.75) is 20.4 Å². The Morgan fingerprint density at radius 3 is 2.71 bits per heavy atom. The molecule has 0 saturated carbocycles. The lowest BCUT2D eigenvalue weighted by molar-refractivity contribution is 0.102. The van der Waals surface area contributed by atoms with Crippen molar-refractivity contribution in [3.05, 3.63) is 51.3 Å². The Bertz CT molecular complexity index is 662. The van der Waals surface area contributed by atoms with Gasteiger partial charge >= 0.3 is 0 Å². The van der Waals surface area contributed by atoms with Crippen LogP contribution in [0.5, 0.6) is 0 Å². The molecule has 1 aromatic heterocycles. The molecule has 0 N–H and O–H groups in total. The zero-order valence-corrected chi connectivity index (χ0v) is 14.4. The lowest BCUT2D eigenvalue weighted by Gasteiger charge is -2.13. The third-order valence-corrected chi connectivity index (χ3v) is 3.99. The summed E-state index contributed by atoms with van der Waals surface area (Å²) in [7, 11) is 4.01. The van der Waals surface area contributed by atoms with E-state index >= 15 is 0 Å². The summed E-state index contributed by atoms with van der Waals surface area (Å²) in [5.74, 6) is 0.0133. The third-order valence-electron chi connectivity index (χ3n) is 3.41. The van der Waals surface area contributed by atoms with Crippen LogP contribution in [-0.2, 0) is 6.54 Å². The van der Waals surface area contributed by atoms with Crippen LogP contribution in [0.3, 0.4) is 0 Å². The maximum Gasteiger partial charge on any atom is 0.212 e. The highest BCUT2D eigenvalue weighted by atomic mass is 79.9. The molecule has 0 unspecified atom stereocenters. The number of benzene rings is 1. The molecule has 0 bridgehead atoms. The van der Waals surface area contributed by atoms with Crippen LogP contribution in [0.15, 0.2) is 28.9 Å². The molecule has 0 spiro atoms. The zero-order chi connectivity index (χ0) is 15.6. The molecule has 0 amide bonds. The molecule has 112 valence electrons. The minimum atomic E-state index is 0.0133. The molecular weight excluding hydrogens is 330 g/mol. The van der Waals surface area contributed by atoms with Crippen molar-refractivity contribution in [2.75, 3.05) is 20.6 Å². The van der Waals surface area contributed by atoms with Crippen LogP contribution in [0.4, 0.5) is 0 Å². The highest BCUT2D eigenvalue weighted by Crippen LogP contribution is 2.22. The van der Waals surface area contributed by atoms with Crippen molar-refractivity contribution in [3.8, 4) is 0 Å². The predicted molar refractivity (Wildman–Crippen MR) is 87.8 cm³/mol. The minimum absolute atomic E-state index is 0.0133. The number of nitrogens with zero attached hydrogens (tertiary/aromatic N) is 3. The van der Waals surface area contributed by atoms with Gasteiger partial charge in [0.2, 0.25) is 5.78 Å². The maximum atomic E-state index is 12.9. The first kappa shape index (κ1) is 15.9. The van der Waals surface area contributed by atoms with Gasteiger partial charge in [0.15, 0.2) is 0 Å². The van der Waals surface area contributed by atoms with Crippen LogP contribution >= 0.6 is 15.9 Å². The van der Waals surface area contributed by atoms with Gasteiger partial charge in [0.25, 0.3) is 0 Å². The summed E-state index contributed by atoms with van der Waals surface area (Å²) < 4.78 is 2.51. The molecule has 5 heteroatoms. The summed E-state index contributed by atoms with van der Waals surface area (Å²) in [6.07, 6.45) is 1.69. The zero-order valence-electron chi connectivity index (χ0n) is 12.9. The molecule has 0 atom stereocenters. The molecule has 1 heterocycles. The van der Waals surface area contributed by atoms with Crippen molar-refractivity contribution < 1.29 is 4.79 Å². The molecule has 0 radical (unpaired) electrons. The first-order valence-corrected chi connectivity index (χ1v) is 7.67. The molecule has 0 fully saturated rings. The van der Waals surface area contributed by atoms with Crippen LogP contribution in [0.2, 0.25) is 0 Å². The number of halogens is 1. The van der Waals surface area contributed by atoms with E-state index in [-0.39, 0.29) is 5.78 Å². The van der Waals surface area contributed by atoms with Crippen molar-refractivity contribution in [1.82, 2.24) is 14.7 Å².